The van der Waals surface area contributed by atoms with Crippen molar-refractivity contribution >= 4 is 27.6 Å². The molecule has 42 heavy (non-hydrogen) atoms. The Morgan fingerprint density at radius 1 is 0.976 bits per heavy atom. The zero-order valence-corrected chi connectivity index (χ0v) is 23.6. The molecule has 1 unspecified atom stereocenters. The number of urea groups is 1. The molecular weight excluding hydrogens is 560 g/mol. The van der Waals surface area contributed by atoms with Gasteiger partial charge in [-0.15, -0.1) is 0 Å². The summed E-state index contributed by atoms with van der Waals surface area (Å²) in [5, 5.41) is 2.56. The zero-order chi connectivity index (χ0) is 29.7. The van der Waals surface area contributed by atoms with Crippen LogP contribution in [0.5, 0.6) is 17.4 Å². The highest BCUT2D eigenvalue weighted by atomic mass is 32.2. The molecule has 5 rings (SSSR count). The van der Waals surface area contributed by atoms with Crippen molar-refractivity contribution in [3.63, 3.8) is 0 Å². The number of carbonyl (C=O) groups excluding carboxylic acids is 2. The molecule has 11 nitrogen and oxygen atoms in total. The maximum Gasteiger partial charge on any atom is 0.329 e. The monoisotopic (exact) mass is 588 g/mol. The van der Waals surface area contributed by atoms with Crippen LogP contribution in [-0.4, -0.2) is 52.3 Å². The minimum Gasteiger partial charge on any atom is -0.481 e. The molecule has 1 aliphatic heterocycles. The molecule has 4 aromatic rings. The van der Waals surface area contributed by atoms with Gasteiger partial charge in [-0.3, -0.25) is 4.79 Å². The van der Waals surface area contributed by atoms with Crippen molar-refractivity contribution in [1.82, 2.24) is 15.0 Å². The first-order valence-electron chi connectivity index (χ1n) is 12.9. The van der Waals surface area contributed by atoms with Crippen LogP contribution >= 0.6 is 0 Å². The van der Waals surface area contributed by atoms with E-state index in [0.717, 1.165) is 5.56 Å². The predicted molar refractivity (Wildman–Crippen MR) is 155 cm³/mol. The lowest BCUT2D eigenvalue weighted by atomic mass is 10.0. The number of pyridine rings is 1. The topological polar surface area (TPSA) is 136 Å². The van der Waals surface area contributed by atoms with Crippen LogP contribution in [-0.2, 0) is 21.2 Å². The highest BCUT2D eigenvalue weighted by Gasteiger charge is 2.29. The molecule has 216 valence electrons. The number of rotatable bonds is 9. The lowest BCUT2D eigenvalue weighted by Crippen LogP contribution is -2.52. The number of nitrogens with one attached hydrogen (secondary N) is 2. The first kappa shape index (κ1) is 28.4. The van der Waals surface area contributed by atoms with Crippen LogP contribution in [0.2, 0.25) is 0 Å². The van der Waals surface area contributed by atoms with Gasteiger partial charge in [0, 0.05) is 48.6 Å². The Morgan fingerprint density at radius 3 is 2.45 bits per heavy atom. The Labute approximate surface area is 243 Å². The molecule has 0 aliphatic carbocycles. The second-order valence-corrected chi connectivity index (χ2v) is 11.0. The van der Waals surface area contributed by atoms with E-state index < -0.39 is 28.0 Å². The van der Waals surface area contributed by atoms with Crippen LogP contribution in [0.1, 0.15) is 5.56 Å². The summed E-state index contributed by atoms with van der Waals surface area (Å²) in [6, 6.07) is 21.5. The average Bonchev–Trinajstić information content (AvgIpc) is 3.48. The molecule has 0 bridgehead atoms. The van der Waals surface area contributed by atoms with E-state index in [2.05, 4.69) is 15.0 Å². The van der Waals surface area contributed by atoms with E-state index in [9.17, 15) is 18.0 Å². The summed E-state index contributed by atoms with van der Waals surface area (Å²) >= 11 is 0. The lowest BCUT2D eigenvalue weighted by Gasteiger charge is -2.25. The Kier molecular flexibility index (Phi) is 8.25. The standard InChI is InChI=1S/C30H28N4O7S/c1-34(22-13-14-25-26(17-22)41-19-40-25)29(35)24(16-20-8-4-3-5-9-20)32-30(36)33-42(37,38)27-11-7-6-10-23(27)21-12-15-28(39-2)31-18-21/h3-15,17-18,24H,16,19H2,1-2H3,(H2,32,33,36). The fourth-order valence-electron chi connectivity index (χ4n) is 4.47. The highest BCUT2D eigenvalue weighted by molar-refractivity contribution is 7.90. The summed E-state index contributed by atoms with van der Waals surface area (Å²) in [6.07, 6.45) is 1.60. The van der Waals surface area contributed by atoms with Gasteiger partial charge >= 0.3 is 6.03 Å². The molecular formula is C30H28N4O7S. The molecule has 0 radical (unpaired) electrons. The van der Waals surface area contributed by atoms with Crippen molar-refractivity contribution in [3.8, 4) is 28.5 Å². The number of hydrogen-bond acceptors (Lipinski definition) is 8. The SMILES string of the molecule is COc1ccc(-c2ccccc2S(=O)(=O)NC(=O)NC(Cc2ccccc2)C(=O)N(C)c2ccc3c(c2)OCO3)cn1. The second kappa shape index (κ2) is 12.2. The van der Waals surface area contributed by atoms with E-state index >= 15 is 0 Å². The molecule has 2 N–H and O–H groups in total. The number of anilines is 1. The van der Waals surface area contributed by atoms with Crippen molar-refractivity contribution in [1.29, 1.82) is 0 Å². The van der Waals surface area contributed by atoms with Crippen LogP contribution in [0.25, 0.3) is 11.1 Å². The molecule has 2 heterocycles. The summed E-state index contributed by atoms with van der Waals surface area (Å²) < 4.78 is 44.7. The number of carbonyl (C=O) groups is 2. The number of fused-ring (bicyclic) bond motifs is 1. The number of benzene rings is 3. The number of sulfonamides is 1. The third-order valence-corrected chi connectivity index (χ3v) is 8.01. The van der Waals surface area contributed by atoms with Crippen LogP contribution in [0.15, 0.2) is 96.0 Å². The molecule has 1 aliphatic rings. The van der Waals surface area contributed by atoms with Gasteiger partial charge in [-0.25, -0.2) is 22.9 Å². The van der Waals surface area contributed by atoms with E-state index in [0.29, 0.717) is 34.2 Å². The van der Waals surface area contributed by atoms with Gasteiger partial charge in [0.1, 0.15) is 6.04 Å². The number of likely N-dealkylation sites (N-methyl/N-ethyl adjacent to an activating group) is 1. The molecule has 12 heteroatoms. The molecule has 0 saturated carbocycles. The van der Waals surface area contributed by atoms with Gasteiger partial charge in [0.2, 0.25) is 18.6 Å². The van der Waals surface area contributed by atoms with Crippen LogP contribution in [0, 0.1) is 0 Å². The lowest BCUT2D eigenvalue weighted by molar-refractivity contribution is -0.120. The van der Waals surface area contributed by atoms with Gasteiger partial charge in [-0.1, -0.05) is 48.5 Å². The van der Waals surface area contributed by atoms with E-state index in [1.165, 1.54) is 24.3 Å². The van der Waals surface area contributed by atoms with Crippen LogP contribution in [0.3, 0.4) is 0 Å². The minimum atomic E-state index is -4.35. The molecule has 3 amide bonds. The molecule has 0 spiro atoms. The van der Waals surface area contributed by atoms with Crippen molar-refractivity contribution in [3.05, 3.63) is 96.7 Å². The number of ether oxygens (including phenoxy) is 3. The Hall–Kier alpha value is -5.10. The average molecular weight is 589 g/mol. The summed E-state index contributed by atoms with van der Waals surface area (Å²) in [4.78, 5) is 32.2. The summed E-state index contributed by atoms with van der Waals surface area (Å²) in [7, 11) is -1.31. The van der Waals surface area contributed by atoms with Gasteiger partial charge in [0.15, 0.2) is 11.5 Å². The smallest absolute Gasteiger partial charge is 0.329 e. The van der Waals surface area contributed by atoms with Gasteiger partial charge in [-0.05, 0) is 29.8 Å². The Morgan fingerprint density at radius 2 is 1.71 bits per heavy atom. The quantitative estimate of drug-likeness (QED) is 0.302. The summed E-state index contributed by atoms with van der Waals surface area (Å²) in [6.45, 7) is 0.0847. The van der Waals surface area contributed by atoms with Gasteiger partial charge in [-0.2, -0.15) is 0 Å². The van der Waals surface area contributed by atoms with E-state index in [4.69, 9.17) is 14.2 Å². The molecule has 0 saturated heterocycles. The van der Waals surface area contributed by atoms with Gasteiger partial charge in [0.05, 0.1) is 12.0 Å². The maximum atomic E-state index is 13.7. The minimum absolute atomic E-state index is 0.0847. The molecule has 3 aromatic carbocycles. The zero-order valence-electron chi connectivity index (χ0n) is 22.8. The Bertz CT molecular complexity index is 1700. The second-order valence-electron chi connectivity index (χ2n) is 9.34. The van der Waals surface area contributed by atoms with Crippen molar-refractivity contribution in [2.75, 3.05) is 25.9 Å². The number of hydrogen-bond donors (Lipinski definition) is 2. The maximum absolute atomic E-state index is 13.7. The Balaban J connectivity index is 1.37. The molecule has 0 fully saturated rings. The fraction of sp³-hybridized carbons (Fsp3) is 0.167. The van der Waals surface area contributed by atoms with Gasteiger partial charge in [0.25, 0.3) is 10.0 Å². The largest absolute Gasteiger partial charge is 0.481 e. The van der Waals surface area contributed by atoms with Gasteiger partial charge < -0.3 is 24.4 Å². The van der Waals surface area contributed by atoms with Crippen molar-refractivity contribution in [2.45, 2.75) is 17.4 Å². The summed E-state index contributed by atoms with van der Waals surface area (Å²) in [5.41, 5.74) is 2.14. The predicted octanol–water partition coefficient (Wildman–Crippen LogP) is 3.75. The fourth-order valence-corrected chi connectivity index (χ4v) is 5.62. The van der Waals surface area contributed by atoms with E-state index in [-0.39, 0.29) is 18.1 Å². The van der Waals surface area contributed by atoms with Crippen molar-refractivity contribution < 1.29 is 32.2 Å². The number of nitrogens with zero attached hydrogens (tertiary/aromatic N) is 2. The number of amides is 3. The molecule has 1 atom stereocenters. The van der Waals surface area contributed by atoms with E-state index in [1.54, 1.807) is 55.6 Å². The van der Waals surface area contributed by atoms with Crippen molar-refractivity contribution in [2.24, 2.45) is 0 Å². The number of methoxy groups -OCH3 is 1. The highest BCUT2D eigenvalue weighted by Crippen LogP contribution is 2.35. The first-order valence-corrected chi connectivity index (χ1v) is 14.4. The van der Waals surface area contributed by atoms with E-state index in [1.807, 2.05) is 30.3 Å². The molecule has 1 aromatic heterocycles. The first-order chi connectivity index (χ1) is 20.2. The number of aromatic nitrogens is 1. The summed E-state index contributed by atoms with van der Waals surface area (Å²) in [5.74, 6) is 0.967. The third-order valence-electron chi connectivity index (χ3n) is 6.62. The third kappa shape index (κ3) is 6.28. The van der Waals surface area contributed by atoms with Crippen LogP contribution < -0.4 is 29.1 Å². The normalized spacial score (nSPS) is 12.7. The van der Waals surface area contributed by atoms with Crippen LogP contribution in [0.4, 0.5) is 10.5 Å².